The summed E-state index contributed by atoms with van der Waals surface area (Å²) in [5.41, 5.74) is 6.84. The molecular weight excluding hydrogens is 340 g/mol. The number of halogens is 1. The Labute approximate surface area is 152 Å². The van der Waals surface area contributed by atoms with Crippen LogP contribution >= 0.6 is 12.4 Å². The molecule has 7 heteroatoms. The zero-order chi connectivity index (χ0) is 16.7. The van der Waals surface area contributed by atoms with Gasteiger partial charge < -0.3 is 10.6 Å². The molecule has 4 rings (SSSR count). The summed E-state index contributed by atoms with van der Waals surface area (Å²) in [7, 11) is 0. The number of aromatic nitrogens is 2. The Hall–Kier alpha value is -2.18. The van der Waals surface area contributed by atoms with Crippen molar-refractivity contribution >= 4 is 18.3 Å². The first-order chi connectivity index (χ1) is 11.6. The SMILES string of the molecule is Cl.NC1CCC2CN(C(=O)c3ccc(=O)n(-c4ccccc4)n3)CC12. The van der Waals surface area contributed by atoms with Crippen LogP contribution in [0.3, 0.4) is 0 Å². The predicted molar refractivity (Wildman–Crippen MR) is 97.2 cm³/mol. The van der Waals surface area contributed by atoms with Gasteiger partial charge in [-0.1, -0.05) is 18.2 Å². The van der Waals surface area contributed by atoms with Gasteiger partial charge >= 0.3 is 0 Å². The smallest absolute Gasteiger partial charge is 0.274 e. The van der Waals surface area contributed by atoms with Crippen molar-refractivity contribution in [2.75, 3.05) is 13.1 Å². The Bertz CT molecular complexity index is 823. The molecule has 6 nitrogen and oxygen atoms in total. The van der Waals surface area contributed by atoms with E-state index in [1.54, 1.807) is 12.1 Å². The molecule has 1 aromatic carbocycles. The second-order valence-electron chi connectivity index (χ2n) is 6.68. The van der Waals surface area contributed by atoms with Gasteiger partial charge in [-0.05, 0) is 42.9 Å². The molecule has 0 bridgehead atoms. The van der Waals surface area contributed by atoms with Gasteiger partial charge in [-0.25, -0.2) is 0 Å². The van der Waals surface area contributed by atoms with E-state index in [4.69, 9.17) is 5.73 Å². The van der Waals surface area contributed by atoms with Crippen LogP contribution in [0.15, 0.2) is 47.3 Å². The van der Waals surface area contributed by atoms with Crippen molar-refractivity contribution in [1.82, 2.24) is 14.7 Å². The summed E-state index contributed by atoms with van der Waals surface area (Å²) in [4.78, 5) is 26.7. The number of benzene rings is 1. The van der Waals surface area contributed by atoms with E-state index in [1.807, 2.05) is 23.1 Å². The number of nitrogens with zero attached hydrogens (tertiary/aromatic N) is 3. The average molecular weight is 361 g/mol. The fourth-order valence-corrected chi connectivity index (χ4v) is 3.91. The highest BCUT2D eigenvalue weighted by molar-refractivity contribution is 5.92. The van der Waals surface area contributed by atoms with Gasteiger partial charge in [0, 0.05) is 25.2 Å². The number of fused-ring (bicyclic) bond motifs is 1. The van der Waals surface area contributed by atoms with Gasteiger partial charge in [0.2, 0.25) is 0 Å². The number of likely N-dealkylation sites (tertiary alicyclic amines) is 1. The van der Waals surface area contributed by atoms with E-state index >= 15 is 0 Å². The molecule has 1 saturated carbocycles. The lowest BCUT2D eigenvalue weighted by Gasteiger charge is -2.18. The molecule has 3 atom stereocenters. The molecule has 1 aliphatic heterocycles. The highest BCUT2D eigenvalue weighted by Crippen LogP contribution is 2.37. The highest BCUT2D eigenvalue weighted by Gasteiger charge is 2.42. The van der Waals surface area contributed by atoms with E-state index in [-0.39, 0.29) is 29.9 Å². The van der Waals surface area contributed by atoms with Crippen LogP contribution in [0.5, 0.6) is 0 Å². The van der Waals surface area contributed by atoms with Crippen molar-refractivity contribution < 1.29 is 4.79 Å². The standard InChI is InChI=1S/C18H20N4O2.ClH/c19-15-7-6-12-10-21(11-14(12)15)18(24)16-8-9-17(23)22(20-16)13-4-2-1-3-5-13;/h1-5,8-9,12,14-15H,6-7,10-11,19H2;1H. The number of hydrogen-bond donors (Lipinski definition) is 1. The number of carbonyl (C=O) groups is 1. The van der Waals surface area contributed by atoms with Crippen LogP contribution in [-0.4, -0.2) is 39.7 Å². The summed E-state index contributed by atoms with van der Waals surface area (Å²) in [5, 5.41) is 4.28. The van der Waals surface area contributed by atoms with Crippen LogP contribution in [0.4, 0.5) is 0 Å². The summed E-state index contributed by atoms with van der Waals surface area (Å²) < 4.78 is 1.27. The molecule has 2 aliphatic rings. The quantitative estimate of drug-likeness (QED) is 0.879. The molecule has 2 N–H and O–H groups in total. The number of amides is 1. The van der Waals surface area contributed by atoms with Crippen LogP contribution in [-0.2, 0) is 0 Å². The molecule has 2 aromatic rings. The Kier molecular flexibility index (Phi) is 4.92. The maximum Gasteiger partial charge on any atom is 0.274 e. The number of nitrogens with two attached hydrogens (primary N) is 1. The first-order valence-corrected chi connectivity index (χ1v) is 8.34. The molecule has 0 spiro atoms. The fraction of sp³-hybridized carbons (Fsp3) is 0.389. The monoisotopic (exact) mass is 360 g/mol. The van der Waals surface area contributed by atoms with E-state index in [9.17, 15) is 9.59 Å². The first-order valence-electron chi connectivity index (χ1n) is 8.34. The normalized spacial score (nSPS) is 24.7. The Balaban J connectivity index is 0.00000182. The summed E-state index contributed by atoms with van der Waals surface area (Å²) in [6.07, 6.45) is 2.14. The van der Waals surface area contributed by atoms with Gasteiger partial charge in [0.15, 0.2) is 0 Å². The van der Waals surface area contributed by atoms with E-state index in [2.05, 4.69) is 5.10 Å². The zero-order valence-corrected chi connectivity index (χ0v) is 14.6. The highest BCUT2D eigenvalue weighted by atomic mass is 35.5. The minimum absolute atomic E-state index is 0. The Morgan fingerprint density at radius 2 is 1.84 bits per heavy atom. The third kappa shape index (κ3) is 3.19. The second kappa shape index (κ2) is 6.98. The van der Waals surface area contributed by atoms with E-state index in [0.717, 1.165) is 19.4 Å². The Morgan fingerprint density at radius 1 is 1.08 bits per heavy atom. The summed E-state index contributed by atoms with van der Waals surface area (Å²) >= 11 is 0. The topological polar surface area (TPSA) is 81.2 Å². The summed E-state index contributed by atoms with van der Waals surface area (Å²) in [5.74, 6) is 0.777. The Morgan fingerprint density at radius 3 is 2.56 bits per heavy atom. The van der Waals surface area contributed by atoms with E-state index in [1.165, 1.54) is 16.8 Å². The number of para-hydroxylation sites is 1. The molecule has 2 heterocycles. The molecule has 1 amide bonds. The average Bonchev–Trinajstić information content (AvgIpc) is 3.18. The molecule has 2 fully saturated rings. The van der Waals surface area contributed by atoms with Crippen LogP contribution in [0.25, 0.3) is 5.69 Å². The van der Waals surface area contributed by atoms with Crippen LogP contribution in [0.2, 0.25) is 0 Å². The van der Waals surface area contributed by atoms with E-state index < -0.39 is 0 Å². The van der Waals surface area contributed by atoms with Gasteiger partial charge in [-0.3, -0.25) is 9.59 Å². The van der Waals surface area contributed by atoms with Crippen LogP contribution in [0, 0.1) is 11.8 Å². The summed E-state index contributed by atoms with van der Waals surface area (Å²) in [6.45, 7) is 1.43. The van der Waals surface area contributed by atoms with Gasteiger partial charge in [-0.2, -0.15) is 9.78 Å². The number of carbonyl (C=O) groups excluding carboxylic acids is 1. The van der Waals surface area contributed by atoms with Crippen molar-refractivity contribution in [3.8, 4) is 5.69 Å². The zero-order valence-electron chi connectivity index (χ0n) is 13.7. The maximum absolute atomic E-state index is 12.8. The second-order valence-corrected chi connectivity index (χ2v) is 6.68. The predicted octanol–water partition coefficient (Wildman–Crippen LogP) is 1.46. The van der Waals surface area contributed by atoms with Crippen molar-refractivity contribution in [3.63, 3.8) is 0 Å². The van der Waals surface area contributed by atoms with Crippen molar-refractivity contribution in [1.29, 1.82) is 0 Å². The molecule has 1 aliphatic carbocycles. The largest absolute Gasteiger partial charge is 0.337 e. The van der Waals surface area contributed by atoms with Crippen molar-refractivity contribution in [3.05, 3.63) is 58.5 Å². The lowest BCUT2D eigenvalue weighted by molar-refractivity contribution is 0.0771. The van der Waals surface area contributed by atoms with Gasteiger partial charge in [0.1, 0.15) is 5.69 Å². The summed E-state index contributed by atoms with van der Waals surface area (Å²) in [6, 6.07) is 12.2. The fourth-order valence-electron chi connectivity index (χ4n) is 3.91. The minimum Gasteiger partial charge on any atom is -0.337 e. The molecular formula is C18H21ClN4O2. The van der Waals surface area contributed by atoms with Gasteiger partial charge in [0.25, 0.3) is 11.5 Å². The van der Waals surface area contributed by atoms with Crippen molar-refractivity contribution in [2.24, 2.45) is 17.6 Å². The van der Waals surface area contributed by atoms with Crippen LogP contribution < -0.4 is 11.3 Å². The molecule has 0 radical (unpaired) electrons. The molecule has 25 heavy (non-hydrogen) atoms. The number of rotatable bonds is 2. The first kappa shape index (κ1) is 17.6. The molecule has 1 aromatic heterocycles. The molecule has 132 valence electrons. The maximum atomic E-state index is 12.8. The lowest BCUT2D eigenvalue weighted by Crippen LogP contribution is -2.35. The lowest BCUT2D eigenvalue weighted by atomic mass is 9.98. The third-order valence-corrected chi connectivity index (χ3v) is 5.22. The van der Waals surface area contributed by atoms with Gasteiger partial charge in [-0.15, -0.1) is 12.4 Å². The number of hydrogen-bond acceptors (Lipinski definition) is 4. The molecule has 3 unspecified atom stereocenters. The van der Waals surface area contributed by atoms with E-state index in [0.29, 0.717) is 29.8 Å². The third-order valence-electron chi connectivity index (χ3n) is 5.22. The van der Waals surface area contributed by atoms with Crippen LogP contribution in [0.1, 0.15) is 23.3 Å². The van der Waals surface area contributed by atoms with Gasteiger partial charge in [0.05, 0.1) is 5.69 Å². The van der Waals surface area contributed by atoms with Crippen molar-refractivity contribution in [2.45, 2.75) is 18.9 Å². The molecule has 1 saturated heterocycles. The minimum atomic E-state index is -0.252.